The van der Waals surface area contributed by atoms with Crippen molar-refractivity contribution < 1.29 is 4.79 Å². The summed E-state index contributed by atoms with van der Waals surface area (Å²) in [5.41, 5.74) is 2.31. The maximum Gasteiger partial charge on any atom is 0.256 e. The van der Waals surface area contributed by atoms with Crippen molar-refractivity contribution in [3.63, 3.8) is 0 Å². The Morgan fingerprint density at radius 2 is 2.04 bits per heavy atom. The summed E-state index contributed by atoms with van der Waals surface area (Å²) in [4.78, 5) is 14.2. The minimum Gasteiger partial charge on any atom is -0.312 e. The van der Waals surface area contributed by atoms with Crippen molar-refractivity contribution in [1.29, 1.82) is 5.26 Å². The fourth-order valence-corrected chi connectivity index (χ4v) is 5.19. The Hall–Kier alpha value is -2.35. The maximum absolute atomic E-state index is 12.9. The highest BCUT2D eigenvalue weighted by Gasteiger charge is 2.25. The zero-order chi connectivity index (χ0) is 18.3. The minimum absolute atomic E-state index is 0.207. The van der Waals surface area contributed by atoms with Crippen LogP contribution in [0.1, 0.15) is 39.7 Å². The van der Waals surface area contributed by atoms with Gasteiger partial charge in [-0.1, -0.05) is 42.8 Å². The fourth-order valence-electron chi connectivity index (χ4n) is 3.60. The zero-order valence-corrected chi connectivity index (χ0v) is 15.9. The van der Waals surface area contributed by atoms with Crippen LogP contribution < -0.4 is 5.32 Å². The number of amides is 1. The molecule has 0 unspecified atom stereocenters. The highest BCUT2D eigenvalue weighted by atomic mass is 35.5. The van der Waals surface area contributed by atoms with Gasteiger partial charge in [0.15, 0.2) is 0 Å². The van der Waals surface area contributed by atoms with E-state index < -0.39 is 0 Å². The number of carbonyl (C=O) groups excluding carboxylic acids is 1. The number of fused-ring (bicyclic) bond motifs is 2. The predicted octanol–water partition coefficient (Wildman–Crippen LogP) is 5.80. The average Bonchev–Trinajstić information content (AvgIpc) is 2.97. The zero-order valence-electron chi connectivity index (χ0n) is 14.3. The molecule has 1 aliphatic rings. The van der Waals surface area contributed by atoms with E-state index in [9.17, 15) is 10.1 Å². The van der Waals surface area contributed by atoms with E-state index in [1.54, 1.807) is 17.4 Å². The van der Waals surface area contributed by atoms with Gasteiger partial charge in [0, 0.05) is 20.8 Å². The number of hydrogen-bond acceptors (Lipinski definition) is 3. The smallest absolute Gasteiger partial charge is 0.256 e. The maximum atomic E-state index is 12.9. The Kier molecular flexibility index (Phi) is 4.44. The number of hydrogen-bond donors (Lipinski definition) is 1. The summed E-state index contributed by atoms with van der Waals surface area (Å²) in [5.74, 6) is 0.414. The summed E-state index contributed by atoms with van der Waals surface area (Å²) in [5, 5.41) is 15.5. The highest BCUT2D eigenvalue weighted by Crippen LogP contribution is 2.39. The Morgan fingerprint density at radius 3 is 2.85 bits per heavy atom. The molecule has 5 heteroatoms. The van der Waals surface area contributed by atoms with E-state index in [-0.39, 0.29) is 5.91 Å². The highest BCUT2D eigenvalue weighted by molar-refractivity contribution is 7.16. The van der Waals surface area contributed by atoms with Crippen LogP contribution >= 0.6 is 22.9 Å². The second kappa shape index (κ2) is 6.75. The third-order valence-corrected chi connectivity index (χ3v) is 6.46. The Morgan fingerprint density at radius 1 is 1.27 bits per heavy atom. The van der Waals surface area contributed by atoms with Crippen molar-refractivity contribution in [2.45, 2.75) is 26.2 Å². The van der Waals surface area contributed by atoms with Crippen LogP contribution in [0.4, 0.5) is 5.00 Å². The molecule has 1 heterocycles. The molecule has 0 fully saturated rings. The lowest BCUT2D eigenvalue weighted by Crippen LogP contribution is -2.12. The lowest BCUT2D eigenvalue weighted by atomic mass is 9.88. The lowest BCUT2D eigenvalue weighted by Gasteiger charge is -2.17. The van der Waals surface area contributed by atoms with Crippen molar-refractivity contribution in [3.05, 3.63) is 63.0 Å². The minimum atomic E-state index is -0.207. The number of carbonyl (C=O) groups is 1. The number of rotatable bonds is 2. The Balaban J connectivity index is 1.72. The molecule has 0 saturated heterocycles. The van der Waals surface area contributed by atoms with Gasteiger partial charge in [0.25, 0.3) is 5.91 Å². The topological polar surface area (TPSA) is 52.9 Å². The molecule has 4 rings (SSSR count). The molecule has 1 atom stereocenters. The quantitative estimate of drug-likeness (QED) is 0.610. The van der Waals surface area contributed by atoms with E-state index in [4.69, 9.17) is 11.6 Å². The predicted molar refractivity (Wildman–Crippen MR) is 107 cm³/mol. The van der Waals surface area contributed by atoms with Gasteiger partial charge >= 0.3 is 0 Å². The molecular formula is C21H17ClN2OS. The molecule has 1 aliphatic carbocycles. The normalized spacial score (nSPS) is 16.1. The second-order valence-corrected chi connectivity index (χ2v) is 8.27. The summed E-state index contributed by atoms with van der Waals surface area (Å²) in [6.45, 7) is 2.23. The molecule has 2 aromatic carbocycles. The second-order valence-electron chi connectivity index (χ2n) is 6.76. The van der Waals surface area contributed by atoms with Gasteiger partial charge in [-0.15, -0.1) is 11.3 Å². The van der Waals surface area contributed by atoms with E-state index in [2.05, 4.69) is 18.3 Å². The van der Waals surface area contributed by atoms with Gasteiger partial charge in [-0.3, -0.25) is 4.79 Å². The first kappa shape index (κ1) is 17.1. The van der Waals surface area contributed by atoms with E-state index >= 15 is 0 Å². The standard InChI is InChI=1S/C21H17ClN2OS/c1-12-8-9-15-17(11-23)21(26-19(15)10-12)24-20(25)16-6-2-5-14-13(16)4-3-7-18(14)22/h2-7,12H,8-10H2,1H3,(H,24,25)/t12-/m0/s1. The molecule has 1 N–H and O–H groups in total. The number of nitrogens with zero attached hydrogens (tertiary/aromatic N) is 1. The van der Waals surface area contributed by atoms with Crippen LogP contribution in [0.15, 0.2) is 36.4 Å². The van der Waals surface area contributed by atoms with Crippen LogP contribution in [-0.4, -0.2) is 5.91 Å². The van der Waals surface area contributed by atoms with Crippen LogP contribution in [0.3, 0.4) is 0 Å². The van der Waals surface area contributed by atoms with E-state index in [0.717, 1.165) is 35.6 Å². The summed E-state index contributed by atoms with van der Waals surface area (Å²) in [6.07, 6.45) is 2.98. The van der Waals surface area contributed by atoms with Gasteiger partial charge in [0.2, 0.25) is 0 Å². The van der Waals surface area contributed by atoms with Crippen LogP contribution in [0.25, 0.3) is 10.8 Å². The van der Waals surface area contributed by atoms with Crippen LogP contribution in [-0.2, 0) is 12.8 Å². The molecule has 26 heavy (non-hydrogen) atoms. The molecule has 130 valence electrons. The summed E-state index contributed by atoms with van der Waals surface area (Å²) in [7, 11) is 0. The fraction of sp³-hybridized carbons (Fsp3) is 0.238. The molecule has 0 saturated carbocycles. The largest absolute Gasteiger partial charge is 0.312 e. The van der Waals surface area contributed by atoms with Crippen molar-refractivity contribution in [3.8, 4) is 6.07 Å². The average molecular weight is 381 g/mol. The first-order valence-electron chi connectivity index (χ1n) is 8.61. The first-order valence-corrected chi connectivity index (χ1v) is 9.81. The van der Waals surface area contributed by atoms with Gasteiger partial charge in [-0.2, -0.15) is 5.26 Å². The van der Waals surface area contributed by atoms with Crippen molar-refractivity contribution in [1.82, 2.24) is 0 Å². The number of halogens is 1. The van der Waals surface area contributed by atoms with Crippen molar-refractivity contribution in [2.75, 3.05) is 5.32 Å². The van der Waals surface area contributed by atoms with Gasteiger partial charge < -0.3 is 5.32 Å². The SMILES string of the molecule is C[C@H]1CCc2c(sc(NC(=O)c3cccc4c(Cl)cccc34)c2C#N)C1. The molecule has 0 aliphatic heterocycles. The number of nitrogens with one attached hydrogen (secondary N) is 1. The van der Waals surface area contributed by atoms with Crippen LogP contribution in [0.5, 0.6) is 0 Å². The van der Waals surface area contributed by atoms with Gasteiger partial charge in [0.1, 0.15) is 11.1 Å². The van der Waals surface area contributed by atoms with E-state index in [1.165, 1.54) is 4.88 Å². The molecule has 1 amide bonds. The van der Waals surface area contributed by atoms with Crippen LogP contribution in [0.2, 0.25) is 5.02 Å². The summed E-state index contributed by atoms with van der Waals surface area (Å²) < 4.78 is 0. The van der Waals surface area contributed by atoms with Crippen molar-refractivity contribution in [2.24, 2.45) is 5.92 Å². The first-order chi connectivity index (χ1) is 12.6. The molecule has 3 nitrogen and oxygen atoms in total. The van der Waals surface area contributed by atoms with E-state index in [0.29, 0.717) is 27.1 Å². The van der Waals surface area contributed by atoms with Crippen molar-refractivity contribution >= 4 is 44.6 Å². The molecule has 0 radical (unpaired) electrons. The third kappa shape index (κ3) is 2.88. The number of benzene rings is 2. The van der Waals surface area contributed by atoms with Gasteiger partial charge in [0.05, 0.1) is 5.56 Å². The molecule has 0 bridgehead atoms. The summed E-state index contributed by atoms with van der Waals surface area (Å²) in [6, 6.07) is 13.4. The molecule has 0 spiro atoms. The monoisotopic (exact) mass is 380 g/mol. The number of nitriles is 1. The van der Waals surface area contributed by atoms with Gasteiger partial charge in [-0.25, -0.2) is 0 Å². The lowest BCUT2D eigenvalue weighted by molar-refractivity contribution is 0.102. The Bertz CT molecular complexity index is 1060. The van der Waals surface area contributed by atoms with Gasteiger partial charge in [-0.05, 0) is 48.3 Å². The third-order valence-electron chi connectivity index (χ3n) is 4.96. The molecule has 3 aromatic rings. The summed E-state index contributed by atoms with van der Waals surface area (Å²) >= 11 is 7.79. The number of thiophene rings is 1. The van der Waals surface area contributed by atoms with Crippen LogP contribution in [0, 0.1) is 17.2 Å². The van der Waals surface area contributed by atoms with E-state index in [1.807, 2.05) is 30.3 Å². The molecular weight excluding hydrogens is 364 g/mol. The number of anilines is 1. The molecule has 1 aromatic heterocycles. The Labute approximate surface area is 161 Å².